The average molecular weight is 287 g/mol. The summed E-state index contributed by atoms with van der Waals surface area (Å²) in [5.41, 5.74) is 6.18. The van der Waals surface area contributed by atoms with E-state index in [-0.39, 0.29) is 11.9 Å². The van der Waals surface area contributed by atoms with Gasteiger partial charge in [-0.3, -0.25) is 4.79 Å². The fraction of sp³-hybridized carbons (Fsp3) is 0.462. The smallest absolute Gasteiger partial charge is 0.255 e. The quantitative estimate of drug-likeness (QED) is 0.925. The Labute approximate surface area is 117 Å². The predicted octanol–water partition coefficient (Wildman–Crippen LogP) is 2.80. The highest BCUT2D eigenvalue weighted by Gasteiger charge is 2.35. The molecule has 1 aliphatic rings. The zero-order valence-corrected chi connectivity index (χ0v) is 11.7. The molecule has 1 unspecified atom stereocenters. The Morgan fingerprint density at radius 1 is 1.50 bits per heavy atom. The molecule has 0 bridgehead atoms. The molecule has 1 aromatic carbocycles. The largest absolute Gasteiger partial charge is 0.337 e. The standard InChI is InChI=1S/C13H16Cl2N2O/c1-17(12(7-16)8-2-3-8)13(18)10-6-9(14)4-5-11(10)15/h4-6,8,12H,2-3,7,16H2,1H3. The summed E-state index contributed by atoms with van der Waals surface area (Å²) in [6, 6.07) is 5.00. The molecule has 1 aromatic rings. The highest BCUT2D eigenvalue weighted by molar-refractivity contribution is 6.35. The molecule has 0 radical (unpaired) electrons. The molecule has 1 fully saturated rings. The summed E-state index contributed by atoms with van der Waals surface area (Å²) in [5, 5.41) is 0.926. The van der Waals surface area contributed by atoms with E-state index in [0.717, 1.165) is 12.8 Å². The number of hydrogen-bond donors (Lipinski definition) is 1. The van der Waals surface area contributed by atoms with Crippen molar-refractivity contribution in [1.29, 1.82) is 0 Å². The Balaban J connectivity index is 2.21. The monoisotopic (exact) mass is 286 g/mol. The average Bonchev–Trinajstić information content (AvgIpc) is 3.16. The molecule has 0 spiro atoms. The lowest BCUT2D eigenvalue weighted by Gasteiger charge is -2.27. The molecule has 2 rings (SSSR count). The zero-order valence-electron chi connectivity index (χ0n) is 10.2. The molecule has 0 aliphatic heterocycles. The summed E-state index contributed by atoms with van der Waals surface area (Å²) in [5.74, 6) is 0.409. The molecule has 1 aliphatic carbocycles. The van der Waals surface area contributed by atoms with Crippen molar-refractivity contribution >= 4 is 29.1 Å². The second-order valence-corrected chi connectivity index (χ2v) is 5.52. The molecule has 5 heteroatoms. The van der Waals surface area contributed by atoms with Crippen molar-refractivity contribution in [2.45, 2.75) is 18.9 Å². The van der Waals surface area contributed by atoms with Gasteiger partial charge in [-0.1, -0.05) is 23.2 Å². The SMILES string of the molecule is CN(C(=O)c1cc(Cl)ccc1Cl)C(CN)C1CC1. The molecule has 18 heavy (non-hydrogen) atoms. The minimum atomic E-state index is -0.121. The number of likely N-dealkylation sites (N-methyl/N-ethyl adjacent to an activating group) is 1. The van der Waals surface area contributed by atoms with Gasteiger partial charge in [0.1, 0.15) is 0 Å². The number of halogens is 2. The van der Waals surface area contributed by atoms with Crippen molar-refractivity contribution in [3.05, 3.63) is 33.8 Å². The van der Waals surface area contributed by atoms with Crippen molar-refractivity contribution in [1.82, 2.24) is 4.90 Å². The summed E-state index contributed by atoms with van der Waals surface area (Å²) in [4.78, 5) is 14.1. The van der Waals surface area contributed by atoms with Crippen LogP contribution in [0.5, 0.6) is 0 Å². The van der Waals surface area contributed by atoms with E-state index in [1.807, 2.05) is 0 Å². The number of amides is 1. The molecule has 0 aromatic heterocycles. The van der Waals surface area contributed by atoms with E-state index >= 15 is 0 Å². The van der Waals surface area contributed by atoms with Crippen LogP contribution in [0.1, 0.15) is 23.2 Å². The first-order chi connectivity index (χ1) is 8.54. The Morgan fingerprint density at radius 2 is 2.17 bits per heavy atom. The number of nitrogens with two attached hydrogens (primary N) is 1. The molecular weight excluding hydrogens is 271 g/mol. The highest BCUT2D eigenvalue weighted by Crippen LogP contribution is 2.35. The van der Waals surface area contributed by atoms with Gasteiger partial charge < -0.3 is 10.6 Å². The van der Waals surface area contributed by atoms with Crippen molar-refractivity contribution in [3.63, 3.8) is 0 Å². The number of carbonyl (C=O) groups is 1. The number of benzene rings is 1. The molecule has 3 nitrogen and oxygen atoms in total. The van der Waals surface area contributed by atoms with Gasteiger partial charge in [-0.15, -0.1) is 0 Å². The lowest BCUT2D eigenvalue weighted by Crippen LogP contribution is -2.43. The minimum Gasteiger partial charge on any atom is -0.337 e. The van der Waals surface area contributed by atoms with Crippen LogP contribution in [0.15, 0.2) is 18.2 Å². The lowest BCUT2D eigenvalue weighted by atomic mass is 10.1. The van der Waals surface area contributed by atoms with E-state index in [9.17, 15) is 4.79 Å². The Bertz CT molecular complexity index is 460. The fourth-order valence-corrected chi connectivity index (χ4v) is 2.52. The van der Waals surface area contributed by atoms with Gasteiger partial charge in [0.25, 0.3) is 5.91 Å². The van der Waals surface area contributed by atoms with Gasteiger partial charge in [-0.25, -0.2) is 0 Å². The first kappa shape index (κ1) is 13.7. The zero-order chi connectivity index (χ0) is 13.3. The topological polar surface area (TPSA) is 46.3 Å². The lowest BCUT2D eigenvalue weighted by molar-refractivity contribution is 0.0719. The van der Waals surface area contributed by atoms with E-state index < -0.39 is 0 Å². The third-order valence-electron chi connectivity index (χ3n) is 3.38. The maximum atomic E-state index is 12.4. The van der Waals surface area contributed by atoms with Gasteiger partial charge in [-0.2, -0.15) is 0 Å². The van der Waals surface area contributed by atoms with E-state index in [1.54, 1.807) is 30.1 Å². The van der Waals surface area contributed by atoms with Crippen LogP contribution in [-0.4, -0.2) is 30.4 Å². The number of nitrogens with zero attached hydrogens (tertiary/aromatic N) is 1. The van der Waals surface area contributed by atoms with Crippen molar-refractivity contribution in [2.75, 3.05) is 13.6 Å². The summed E-state index contributed by atoms with van der Waals surface area (Å²) in [7, 11) is 1.77. The van der Waals surface area contributed by atoms with Crippen LogP contribution in [0.4, 0.5) is 0 Å². The molecule has 98 valence electrons. The molecule has 0 saturated heterocycles. The van der Waals surface area contributed by atoms with Crippen LogP contribution >= 0.6 is 23.2 Å². The maximum Gasteiger partial charge on any atom is 0.255 e. The van der Waals surface area contributed by atoms with Gasteiger partial charge in [-0.05, 0) is 37.0 Å². The van der Waals surface area contributed by atoms with Gasteiger partial charge >= 0.3 is 0 Å². The minimum absolute atomic E-state index is 0.0903. The molecule has 0 heterocycles. The first-order valence-corrected chi connectivity index (χ1v) is 6.72. The van der Waals surface area contributed by atoms with Crippen LogP contribution in [-0.2, 0) is 0 Å². The van der Waals surface area contributed by atoms with Crippen molar-refractivity contribution in [3.8, 4) is 0 Å². The number of hydrogen-bond acceptors (Lipinski definition) is 2. The fourth-order valence-electron chi connectivity index (χ4n) is 2.15. The van der Waals surface area contributed by atoms with Crippen LogP contribution in [0.2, 0.25) is 10.0 Å². The second-order valence-electron chi connectivity index (χ2n) is 4.68. The Kier molecular flexibility index (Phi) is 4.15. The van der Waals surface area contributed by atoms with Crippen LogP contribution in [0.3, 0.4) is 0 Å². The van der Waals surface area contributed by atoms with Gasteiger partial charge in [0, 0.05) is 24.7 Å². The van der Waals surface area contributed by atoms with Crippen molar-refractivity contribution < 1.29 is 4.79 Å². The molecule has 1 amide bonds. The first-order valence-electron chi connectivity index (χ1n) is 5.97. The summed E-state index contributed by atoms with van der Waals surface area (Å²) in [6.07, 6.45) is 2.28. The number of rotatable bonds is 4. The maximum absolute atomic E-state index is 12.4. The third kappa shape index (κ3) is 2.79. The van der Waals surface area contributed by atoms with Gasteiger partial charge in [0.15, 0.2) is 0 Å². The van der Waals surface area contributed by atoms with Crippen LogP contribution in [0.25, 0.3) is 0 Å². The second kappa shape index (κ2) is 5.47. The number of carbonyl (C=O) groups excluding carboxylic acids is 1. The Hall–Kier alpha value is -0.770. The van der Waals surface area contributed by atoms with Crippen LogP contribution < -0.4 is 5.73 Å². The molecule has 1 atom stereocenters. The Morgan fingerprint density at radius 3 is 2.72 bits per heavy atom. The normalized spacial score (nSPS) is 16.4. The predicted molar refractivity (Wildman–Crippen MR) is 74.1 cm³/mol. The highest BCUT2D eigenvalue weighted by atomic mass is 35.5. The molecule has 2 N–H and O–H groups in total. The summed E-state index contributed by atoms with van der Waals surface area (Å²) < 4.78 is 0. The van der Waals surface area contributed by atoms with E-state index in [1.165, 1.54) is 0 Å². The van der Waals surface area contributed by atoms with Crippen molar-refractivity contribution in [2.24, 2.45) is 11.7 Å². The summed E-state index contributed by atoms with van der Waals surface area (Å²) in [6.45, 7) is 0.477. The summed E-state index contributed by atoms with van der Waals surface area (Å²) >= 11 is 11.9. The van der Waals surface area contributed by atoms with Gasteiger partial charge in [0.05, 0.1) is 10.6 Å². The van der Waals surface area contributed by atoms with Gasteiger partial charge in [0.2, 0.25) is 0 Å². The van der Waals surface area contributed by atoms with E-state index in [4.69, 9.17) is 28.9 Å². The molecule has 1 saturated carbocycles. The van der Waals surface area contributed by atoms with Crippen LogP contribution in [0, 0.1) is 5.92 Å². The molecular formula is C13H16Cl2N2O. The van der Waals surface area contributed by atoms with E-state index in [0.29, 0.717) is 28.1 Å². The third-order valence-corrected chi connectivity index (χ3v) is 3.95. The van der Waals surface area contributed by atoms with E-state index in [2.05, 4.69) is 0 Å².